The van der Waals surface area contributed by atoms with Gasteiger partial charge in [-0.05, 0) is 151 Å². The van der Waals surface area contributed by atoms with Crippen molar-refractivity contribution in [3.8, 4) is 0 Å². The summed E-state index contributed by atoms with van der Waals surface area (Å²) in [6.45, 7) is 3.23. The lowest BCUT2D eigenvalue weighted by Gasteiger charge is -2.36. The molecule has 0 radical (unpaired) electrons. The van der Waals surface area contributed by atoms with Crippen LogP contribution in [0.3, 0.4) is 0 Å². The minimum absolute atomic E-state index is 1.08. The first-order valence-electron chi connectivity index (χ1n) is 26.0. The summed E-state index contributed by atoms with van der Waals surface area (Å²) in [5.74, 6) is 0. The van der Waals surface area contributed by atoms with Crippen LogP contribution < -0.4 is 62.4 Å². The van der Waals surface area contributed by atoms with Gasteiger partial charge in [-0.25, -0.2) is 0 Å². The average Bonchev–Trinajstić information content (AvgIpc) is 3.49. The Morgan fingerprint density at radius 2 is 0.364 bits per heavy atom. The summed E-state index contributed by atoms with van der Waals surface area (Å²) in [7, 11) is 2.64. The summed E-state index contributed by atoms with van der Waals surface area (Å²) in [6, 6.07) is 99.7. The van der Waals surface area contributed by atoms with Gasteiger partial charge in [-0.1, -0.05) is 164 Å². The quantitative estimate of drug-likeness (QED) is 0.0811. The first-order valence-corrected chi connectivity index (χ1v) is 33.4. The average molecular weight is 1100 g/mol. The van der Waals surface area contributed by atoms with Crippen molar-refractivity contribution >= 4 is 77.4 Å². The van der Waals surface area contributed by atoms with Crippen LogP contribution in [0, 0.1) is 0 Å². The molecule has 0 heterocycles. The van der Waals surface area contributed by atoms with E-state index < -0.39 is 29.6 Å². The van der Waals surface area contributed by atoms with Crippen molar-refractivity contribution in [2.24, 2.45) is 0 Å². The van der Waals surface area contributed by atoms with Crippen molar-refractivity contribution in [1.29, 1.82) is 0 Å². The van der Waals surface area contributed by atoms with E-state index in [1.54, 1.807) is 0 Å². The van der Waals surface area contributed by atoms with Gasteiger partial charge < -0.3 is 33.9 Å². The van der Waals surface area contributed by atoms with Crippen molar-refractivity contribution in [3.05, 3.63) is 273 Å². The van der Waals surface area contributed by atoms with Crippen molar-refractivity contribution in [1.82, 2.24) is 14.7 Å². The van der Waals surface area contributed by atoms with Gasteiger partial charge in [0.1, 0.15) is 69.5 Å². The van der Waals surface area contributed by atoms with Crippen LogP contribution >= 0.6 is 29.6 Å². The maximum atomic E-state index is 8.55. The Hall–Kier alpha value is -5.74. The molecule has 0 spiro atoms. The molecule has 398 valence electrons. The zero-order chi connectivity index (χ0) is 55.0. The van der Waals surface area contributed by atoms with Crippen molar-refractivity contribution in [2.75, 3.05) is 80.4 Å². The molecule has 0 fully saturated rings. The highest BCUT2D eigenvalue weighted by Crippen LogP contribution is 2.57. The molecule has 0 unspecified atom stereocenters. The Morgan fingerprint density at radius 3 is 0.455 bits per heavy atom. The molecule has 0 saturated heterocycles. The molecule has 9 rings (SSSR count). The smallest absolute Gasteiger partial charge is 0.113 e. The maximum Gasteiger partial charge on any atom is 0.113 e. The minimum atomic E-state index is -5.39. The van der Waals surface area contributed by atoms with Gasteiger partial charge in [0, 0.05) is 19.6 Å². The lowest BCUT2D eigenvalue weighted by molar-refractivity contribution is -0.432. The molecule has 7 nitrogen and oxygen atoms in total. The Morgan fingerprint density at radius 1 is 0.260 bits per heavy atom. The highest BCUT2D eigenvalue weighted by molar-refractivity contribution is 7.96. The third-order valence-electron chi connectivity index (χ3n) is 13.4. The van der Waals surface area contributed by atoms with Gasteiger partial charge in [0.2, 0.25) is 0 Å². The molecule has 0 amide bonds. The van der Waals surface area contributed by atoms with Crippen LogP contribution in [-0.4, -0.2) is 95.1 Å². The Bertz CT molecular complexity index is 2440. The molecule has 77 heavy (non-hydrogen) atoms. The number of benzene rings is 9. The Kier molecular flexibility index (Phi) is 23.9. The van der Waals surface area contributed by atoms with Gasteiger partial charge in [-0.15, -0.1) is 0 Å². The van der Waals surface area contributed by atoms with Crippen LogP contribution in [0.1, 0.15) is 0 Å². The predicted octanol–water partition coefficient (Wildman–Crippen LogP) is 7.80. The summed E-state index contributed by atoms with van der Waals surface area (Å²) in [4.78, 5) is 32.5. The first kappa shape index (κ1) is 60.5. The molecule has 9 aromatic rings. The summed E-state index contributed by atoms with van der Waals surface area (Å²) < 4.78 is 8.55. The summed E-state index contributed by atoms with van der Waals surface area (Å²) in [5, 5.41) is 13.2. The molecule has 9 aromatic carbocycles. The number of hydrogen-bond donors (Lipinski definition) is 0. The zero-order valence-electron chi connectivity index (χ0n) is 45.5. The molecule has 11 heteroatoms. The largest absolute Gasteiger partial charge is 0.822 e. The van der Waals surface area contributed by atoms with Gasteiger partial charge >= 0.3 is 0 Å². The van der Waals surface area contributed by atoms with E-state index in [0.717, 1.165) is 38.1 Å². The van der Waals surface area contributed by atoms with Gasteiger partial charge in [-0.2, -0.15) is 7.82 Å². The normalized spacial score (nSPS) is 11.6. The van der Waals surface area contributed by atoms with E-state index in [2.05, 4.69) is 330 Å². The van der Waals surface area contributed by atoms with E-state index in [1.807, 2.05) is 0 Å². The number of rotatable bonds is 18. The van der Waals surface area contributed by atoms with E-state index in [9.17, 15) is 0 Å². The number of phosphoric acid groups is 1. The fraction of sp³-hybridized carbons (Fsp3) is 0.182. The third-order valence-corrected chi connectivity index (χ3v) is 26.7. The Balaban J connectivity index is 0.000000179. The highest BCUT2D eigenvalue weighted by Gasteiger charge is 2.47. The summed E-state index contributed by atoms with van der Waals surface area (Å²) >= 11 is 0. The minimum Gasteiger partial charge on any atom is -0.822 e. The molecular weight excluding hydrogens is 1020 g/mol. The van der Waals surface area contributed by atoms with Crippen molar-refractivity contribution in [3.63, 3.8) is 0 Å². The van der Waals surface area contributed by atoms with Gasteiger partial charge in [0.15, 0.2) is 0 Å². The van der Waals surface area contributed by atoms with E-state index in [0.29, 0.717) is 0 Å². The molecule has 0 aliphatic rings. The Labute approximate surface area is 462 Å². The number of nitrogens with zero attached hydrogens (tertiary/aromatic N) is 3. The third kappa shape index (κ3) is 17.1. The van der Waals surface area contributed by atoms with Crippen LogP contribution in [0.25, 0.3) is 0 Å². The van der Waals surface area contributed by atoms with Gasteiger partial charge in [0.25, 0.3) is 0 Å². The molecule has 0 bridgehead atoms. The van der Waals surface area contributed by atoms with Crippen molar-refractivity contribution in [2.45, 2.75) is 0 Å². The van der Waals surface area contributed by atoms with Crippen LogP contribution in [0.4, 0.5) is 0 Å². The molecule has 0 saturated carbocycles. The van der Waals surface area contributed by atoms with Crippen LogP contribution in [-0.2, 0) is 4.57 Å². The monoisotopic (exact) mass is 1100 g/mol. The van der Waals surface area contributed by atoms with E-state index in [4.69, 9.17) is 19.2 Å². The first-order chi connectivity index (χ1) is 37.2. The summed E-state index contributed by atoms with van der Waals surface area (Å²) in [6.07, 6.45) is 3.45. The molecular formula is C66H75N3O4P4. The predicted molar refractivity (Wildman–Crippen MR) is 333 cm³/mol. The molecule has 0 aliphatic heterocycles. The van der Waals surface area contributed by atoms with Crippen LogP contribution in [0.5, 0.6) is 0 Å². The lowest BCUT2D eigenvalue weighted by Crippen LogP contribution is -2.36. The number of hydrogen-bond acceptors (Lipinski definition) is 7. The van der Waals surface area contributed by atoms with E-state index in [-0.39, 0.29) is 0 Å². The fourth-order valence-corrected chi connectivity index (χ4v) is 22.9. The van der Waals surface area contributed by atoms with E-state index >= 15 is 0 Å². The molecule has 0 aromatic heterocycles. The summed E-state index contributed by atoms with van der Waals surface area (Å²) in [5.41, 5.74) is 0. The molecule has 0 atom stereocenters. The second-order valence-corrected chi connectivity index (χ2v) is 31.2. The van der Waals surface area contributed by atoms with Crippen LogP contribution in [0.2, 0.25) is 0 Å². The highest BCUT2D eigenvalue weighted by atomic mass is 31.2. The molecule has 0 aliphatic carbocycles. The van der Waals surface area contributed by atoms with Crippen LogP contribution in [0.15, 0.2) is 273 Å². The van der Waals surface area contributed by atoms with Gasteiger partial charge in [-0.3, -0.25) is 0 Å². The maximum absolute atomic E-state index is 8.55. The molecule has 0 N–H and O–H groups in total. The SMILES string of the molecule is CN(C)CC[P+](c1ccccc1)(c1ccccc1)c1ccccc1.CN(C)CC[P+](c1ccccc1)(c1ccccc1)c1ccccc1.CN(C)CC[P+](c1ccccc1)(c1ccccc1)c1ccccc1.O=P([O-])([O-])[O-]. The van der Waals surface area contributed by atoms with E-state index in [1.165, 1.54) is 47.7 Å². The standard InChI is InChI=1S/3C22H25NP.H3O4P/c3*1-23(2)18-19-24(20-12-6-3-7-13-20,21-14-8-4-9-15-21)22-16-10-5-11-17-22;1-5(2,3)4/h3*3-17H,18-19H2,1-2H3;(H3,1,2,3,4)/q3*+1;/p-3. The lowest BCUT2D eigenvalue weighted by atomic mass is 10.4. The topological polar surface area (TPSA) is 96.0 Å². The zero-order valence-corrected chi connectivity index (χ0v) is 49.1. The van der Waals surface area contributed by atoms with Crippen molar-refractivity contribution < 1.29 is 19.2 Å². The van der Waals surface area contributed by atoms with Gasteiger partial charge in [0.05, 0.1) is 18.5 Å². The second-order valence-electron chi connectivity index (χ2n) is 19.5. The fourth-order valence-electron chi connectivity index (χ4n) is 9.70. The second kappa shape index (κ2) is 30.4.